The molecule has 2 N–H and O–H groups in total. The number of hydrogen-bond acceptors (Lipinski definition) is 3. The van der Waals surface area contributed by atoms with E-state index < -0.39 is 11.8 Å². The van der Waals surface area contributed by atoms with Crippen LogP contribution < -0.4 is 10.6 Å². The van der Waals surface area contributed by atoms with Crippen molar-refractivity contribution in [3.8, 4) is 0 Å². The van der Waals surface area contributed by atoms with Gasteiger partial charge in [-0.15, -0.1) is 0 Å². The molecule has 0 aromatic carbocycles. The second-order valence-corrected chi connectivity index (χ2v) is 8.52. The fourth-order valence-corrected chi connectivity index (χ4v) is 4.19. The number of amides is 2. The van der Waals surface area contributed by atoms with Gasteiger partial charge in [-0.05, 0) is 62.9 Å². The number of likely N-dealkylation sites (N-methyl/N-ethyl adjacent to an activating group) is 1. The van der Waals surface area contributed by atoms with E-state index in [1.54, 1.807) is 0 Å². The summed E-state index contributed by atoms with van der Waals surface area (Å²) in [6, 6.07) is 0.537. The zero-order chi connectivity index (χ0) is 17.7. The number of nitrogens with zero attached hydrogens (tertiary/aromatic N) is 1. The number of likely N-dealkylation sites (tertiary alicyclic amines) is 1. The largest absolute Gasteiger partial charge is 0.346 e. The van der Waals surface area contributed by atoms with E-state index in [4.69, 9.17) is 0 Å². The average Bonchev–Trinajstić information content (AvgIpc) is 2.99. The van der Waals surface area contributed by atoms with Gasteiger partial charge in [0.2, 0.25) is 0 Å². The minimum atomic E-state index is -0.476. The zero-order valence-electron chi connectivity index (χ0n) is 15.9. The smallest absolute Gasteiger partial charge is 0.309 e. The Morgan fingerprint density at radius 1 is 1.04 bits per heavy atom. The molecular formula is C19H35N3O2. The summed E-state index contributed by atoms with van der Waals surface area (Å²) in [6.45, 7) is 11.7. The molecule has 0 unspecified atom stereocenters. The van der Waals surface area contributed by atoms with Crippen molar-refractivity contribution >= 4 is 11.8 Å². The Bertz CT molecular complexity index is 436. The van der Waals surface area contributed by atoms with E-state index in [9.17, 15) is 9.59 Å². The summed E-state index contributed by atoms with van der Waals surface area (Å²) in [5, 5.41) is 5.75. The molecule has 5 heteroatoms. The van der Waals surface area contributed by atoms with Crippen LogP contribution in [0.2, 0.25) is 0 Å². The van der Waals surface area contributed by atoms with Gasteiger partial charge in [0.1, 0.15) is 0 Å². The van der Waals surface area contributed by atoms with Crippen LogP contribution in [0.15, 0.2) is 0 Å². The maximum absolute atomic E-state index is 12.1. The van der Waals surface area contributed by atoms with E-state index in [0.717, 1.165) is 45.2 Å². The van der Waals surface area contributed by atoms with Gasteiger partial charge >= 0.3 is 11.8 Å². The number of rotatable bonds is 4. The quantitative estimate of drug-likeness (QED) is 0.774. The van der Waals surface area contributed by atoms with E-state index in [2.05, 4.69) is 43.2 Å². The highest BCUT2D eigenvalue weighted by Crippen LogP contribution is 2.37. The third kappa shape index (κ3) is 5.20. The third-order valence-corrected chi connectivity index (χ3v) is 5.90. The molecule has 2 rings (SSSR count). The Morgan fingerprint density at radius 2 is 1.71 bits per heavy atom. The lowest BCUT2D eigenvalue weighted by atomic mass is 9.71. The van der Waals surface area contributed by atoms with Crippen molar-refractivity contribution in [2.24, 2.45) is 11.3 Å². The van der Waals surface area contributed by atoms with E-state index in [1.165, 1.54) is 6.42 Å². The Kier molecular flexibility index (Phi) is 6.67. The van der Waals surface area contributed by atoms with Crippen molar-refractivity contribution in [1.82, 2.24) is 15.5 Å². The molecule has 0 aromatic heterocycles. The lowest BCUT2D eigenvalue weighted by Crippen LogP contribution is -2.48. The van der Waals surface area contributed by atoms with E-state index in [1.807, 2.05) is 0 Å². The minimum Gasteiger partial charge on any atom is -0.346 e. The van der Waals surface area contributed by atoms with Gasteiger partial charge in [0, 0.05) is 18.6 Å². The summed E-state index contributed by atoms with van der Waals surface area (Å²) >= 11 is 0. The van der Waals surface area contributed by atoms with Crippen LogP contribution in [0.5, 0.6) is 0 Å². The van der Waals surface area contributed by atoms with Crippen LogP contribution in [-0.4, -0.2) is 48.4 Å². The maximum atomic E-state index is 12.1. The number of carbonyl (C=O) groups excluding carboxylic acids is 2. The first-order valence-electron chi connectivity index (χ1n) is 9.64. The highest BCUT2D eigenvalue weighted by atomic mass is 16.2. The minimum absolute atomic E-state index is 0.153. The second kappa shape index (κ2) is 8.32. The Morgan fingerprint density at radius 3 is 2.29 bits per heavy atom. The van der Waals surface area contributed by atoms with Crippen molar-refractivity contribution in [1.29, 1.82) is 0 Å². The molecular weight excluding hydrogens is 302 g/mol. The van der Waals surface area contributed by atoms with Gasteiger partial charge in [0.25, 0.3) is 0 Å². The lowest BCUT2D eigenvalue weighted by molar-refractivity contribution is -0.139. The first-order chi connectivity index (χ1) is 11.3. The molecule has 1 atom stereocenters. The van der Waals surface area contributed by atoms with Crippen LogP contribution in [0.4, 0.5) is 0 Å². The van der Waals surface area contributed by atoms with Gasteiger partial charge in [-0.1, -0.05) is 27.7 Å². The fraction of sp³-hybridized carbons (Fsp3) is 0.895. The van der Waals surface area contributed by atoms with E-state index >= 15 is 0 Å². The van der Waals surface area contributed by atoms with E-state index in [-0.39, 0.29) is 6.04 Å². The molecule has 138 valence electrons. The number of hydrogen-bond donors (Lipinski definition) is 2. The molecule has 0 spiro atoms. The van der Waals surface area contributed by atoms with Gasteiger partial charge in [0.05, 0.1) is 0 Å². The van der Waals surface area contributed by atoms with Gasteiger partial charge in [-0.25, -0.2) is 0 Å². The summed E-state index contributed by atoms with van der Waals surface area (Å²) in [5.74, 6) is -0.229. The molecule has 0 aromatic rings. The topological polar surface area (TPSA) is 61.4 Å². The molecule has 1 saturated heterocycles. The maximum Gasteiger partial charge on any atom is 0.309 e. The third-order valence-electron chi connectivity index (χ3n) is 5.90. The molecule has 1 heterocycles. The fourth-order valence-electron chi connectivity index (χ4n) is 4.19. The predicted octanol–water partition coefficient (Wildman–Crippen LogP) is 2.31. The standard InChI is InChI=1S/C19H35N3O2/c1-5-22-12-6-7-16(22)13-20-17(23)18(24)21-15-10-8-14(9-11-15)19(2,3)4/h14-16H,5-13H2,1-4H3,(H,20,23)(H,21,24)/t14?,15?,16-/m1/s1. The molecule has 2 fully saturated rings. The van der Waals surface area contributed by atoms with Crippen molar-refractivity contribution < 1.29 is 9.59 Å². The summed E-state index contributed by atoms with van der Waals surface area (Å²) in [4.78, 5) is 26.5. The van der Waals surface area contributed by atoms with Crippen molar-refractivity contribution in [3.63, 3.8) is 0 Å². The Labute approximate surface area is 146 Å². The molecule has 24 heavy (non-hydrogen) atoms. The molecule has 5 nitrogen and oxygen atoms in total. The van der Waals surface area contributed by atoms with Crippen molar-refractivity contribution in [2.75, 3.05) is 19.6 Å². The lowest BCUT2D eigenvalue weighted by Gasteiger charge is -2.37. The highest BCUT2D eigenvalue weighted by Gasteiger charge is 2.31. The summed E-state index contributed by atoms with van der Waals surface area (Å²) < 4.78 is 0. The molecule has 1 saturated carbocycles. The van der Waals surface area contributed by atoms with Crippen LogP contribution >= 0.6 is 0 Å². The monoisotopic (exact) mass is 337 g/mol. The molecule has 1 aliphatic carbocycles. The second-order valence-electron chi connectivity index (χ2n) is 8.52. The van der Waals surface area contributed by atoms with Crippen LogP contribution in [-0.2, 0) is 9.59 Å². The zero-order valence-corrected chi connectivity index (χ0v) is 15.9. The van der Waals surface area contributed by atoms with Crippen LogP contribution in [0.25, 0.3) is 0 Å². The first kappa shape index (κ1) is 19.2. The SMILES string of the molecule is CCN1CCC[C@@H]1CNC(=O)C(=O)NC1CCC(C(C)(C)C)CC1. The van der Waals surface area contributed by atoms with E-state index in [0.29, 0.717) is 23.9 Å². The van der Waals surface area contributed by atoms with Crippen LogP contribution in [0, 0.1) is 11.3 Å². The predicted molar refractivity (Wildman–Crippen MR) is 96.6 cm³/mol. The highest BCUT2D eigenvalue weighted by molar-refractivity contribution is 6.35. The van der Waals surface area contributed by atoms with Crippen molar-refractivity contribution in [3.05, 3.63) is 0 Å². The number of nitrogens with one attached hydrogen (secondary N) is 2. The molecule has 2 aliphatic rings. The molecule has 1 aliphatic heterocycles. The average molecular weight is 338 g/mol. The van der Waals surface area contributed by atoms with Gasteiger partial charge in [0.15, 0.2) is 0 Å². The Balaban J connectivity index is 1.70. The van der Waals surface area contributed by atoms with Crippen molar-refractivity contribution in [2.45, 2.75) is 78.3 Å². The van der Waals surface area contributed by atoms with Gasteiger partial charge in [-0.3, -0.25) is 14.5 Å². The van der Waals surface area contributed by atoms with Gasteiger partial charge in [-0.2, -0.15) is 0 Å². The van der Waals surface area contributed by atoms with Gasteiger partial charge < -0.3 is 10.6 Å². The van der Waals surface area contributed by atoms with Crippen LogP contribution in [0.3, 0.4) is 0 Å². The molecule has 0 radical (unpaired) electrons. The molecule has 0 bridgehead atoms. The first-order valence-corrected chi connectivity index (χ1v) is 9.64. The normalized spacial score (nSPS) is 28.6. The Hall–Kier alpha value is -1.10. The number of carbonyl (C=O) groups is 2. The summed E-state index contributed by atoms with van der Waals surface area (Å²) in [7, 11) is 0. The van der Waals surface area contributed by atoms with Crippen LogP contribution in [0.1, 0.15) is 66.2 Å². The summed E-state index contributed by atoms with van der Waals surface area (Å²) in [5.41, 5.74) is 0.332. The molecule has 2 amide bonds. The summed E-state index contributed by atoms with van der Waals surface area (Å²) in [6.07, 6.45) is 6.50.